The van der Waals surface area contributed by atoms with Gasteiger partial charge in [0.25, 0.3) is 5.91 Å². The van der Waals surface area contributed by atoms with Gasteiger partial charge in [-0.1, -0.05) is 24.3 Å². The Morgan fingerprint density at radius 3 is 2.22 bits per heavy atom. The van der Waals surface area contributed by atoms with Crippen LogP contribution in [0.4, 0.5) is 10.1 Å². The molecular weight excluding hydrogens is 345 g/mol. The number of carbonyl (C=O) groups is 1. The standard InChI is InChI=1S/C21H14FN3O2/c22-17-9-11-18(12-10-17)23-19(26)15-7-4-8-16(13-15)21-25-24-20(27-21)14-5-2-1-3-6-14/h1-13H,(H,23,26). The molecule has 0 atom stereocenters. The van der Waals surface area contributed by atoms with Gasteiger partial charge < -0.3 is 9.73 Å². The van der Waals surface area contributed by atoms with E-state index in [4.69, 9.17) is 4.42 Å². The lowest BCUT2D eigenvalue weighted by Crippen LogP contribution is -2.11. The summed E-state index contributed by atoms with van der Waals surface area (Å²) in [5, 5.41) is 10.9. The monoisotopic (exact) mass is 359 g/mol. The maximum atomic E-state index is 13.0. The van der Waals surface area contributed by atoms with E-state index in [2.05, 4.69) is 15.5 Å². The molecule has 0 saturated carbocycles. The Morgan fingerprint density at radius 1 is 0.815 bits per heavy atom. The summed E-state index contributed by atoms with van der Waals surface area (Å²) < 4.78 is 18.7. The predicted molar refractivity (Wildman–Crippen MR) is 99.5 cm³/mol. The second-order valence-electron chi connectivity index (χ2n) is 5.82. The Balaban J connectivity index is 1.56. The summed E-state index contributed by atoms with van der Waals surface area (Å²) in [4.78, 5) is 12.4. The zero-order valence-electron chi connectivity index (χ0n) is 14.1. The van der Waals surface area contributed by atoms with E-state index in [9.17, 15) is 9.18 Å². The van der Waals surface area contributed by atoms with Crippen molar-refractivity contribution in [2.75, 3.05) is 5.32 Å². The van der Waals surface area contributed by atoms with Crippen LogP contribution in [0.25, 0.3) is 22.9 Å². The van der Waals surface area contributed by atoms with Crippen molar-refractivity contribution in [3.05, 3.63) is 90.2 Å². The van der Waals surface area contributed by atoms with Crippen molar-refractivity contribution >= 4 is 11.6 Å². The van der Waals surface area contributed by atoms with Crippen LogP contribution in [0.1, 0.15) is 10.4 Å². The molecule has 0 fully saturated rings. The smallest absolute Gasteiger partial charge is 0.255 e. The number of hydrogen-bond acceptors (Lipinski definition) is 4. The molecule has 4 aromatic rings. The van der Waals surface area contributed by atoms with E-state index in [1.54, 1.807) is 24.3 Å². The average Bonchev–Trinajstić information content (AvgIpc) is 3.21. The molecule has 0 aliphatic rings. The van der Waals surface area contributed by atoms with Crippen LogP contribution in [0.3, 0.4) is 0 Å². The third kappa shape index (κ3) is 3.74. The Bertz CT molecular complexity index is 1080. The van der Waals surface area contributed by atoms with E-state index in [1.165, 1.54) is 24.3 Å². The lowest BCUT2D eigenvalue weighted by atomic mass is 10.1. The molecule has 5 nitrogen and oxygen atoms in total. The number of halogens is 1. The van der Waals surface area contributed by atoms with E-state index in [1.807, 2.05) is 30.3 Å². The fourth-order valence-electron chi connectivity index (χ4n) is 2.57. The molecule has 27 heavy (non-hydrogen) atoms. The topological polar surface area (TPSA) is 68.0 Å². The van der Waals surface area contributed by atoms with Crippen molar-refractivity contribution < 1.29 is 13.6 Å². The van der Waals surface area contributed by atoms with E-state index in [0.717, 1.165) is 5.56 Å². The minimum atomic E-state index is -0.361. The molecule has 0 bridgehead atoms. The van der Waals surface area contributed by atoms with Gasteiger partial charge in [0, 0.05) is 22.4 Å². The third-order valence-electron chi connectivity index (χ3n) is 3.92. The van der Waals surface area contributed by atoms with Crippen molar-refractivity contribution in [2.45, 2.75) is 0 Å². The molecule has 0 aliphatic carbocycles. The van der Waals surface area contributed by atoms with Crippen LogP contribution in [0.15, 0.2) is 83.3 Å². The van der Waals surface area contributed by atoms with Gasteiger partial charge in [0.05, 0.1) is 0 Å². The Labute approximate surface area is 154 Å². The van der Waals surface area contributed by atoms with Crippen molar-refractivity contribution in [1.82, 2.24) is 10.2 Å². The summed E-state index contributed by atoms with van der Waals surface area (Å²) in [6, 6.07) is 21.9. The van der Waals surface area contributed by atoms with Crippen LogP contribution in [-0.2, 0) is 0 Å². The van der Waals surface area contributed by atoms with Crippen molar-refractivity contribution in [3.63, 3.8) is 0 Å². The molecular formula is C21H14FN3O2. The Morgan fingerprint density at radius 2 is 1.48 bits per heavy atom. The molecule has 1 aromatic heterocycles. The van der Waals surface area contributed by atoms with Gasteiger partial charge in [-0.15, -0.1) is 10.2 Å². The van der Waals surface area contributed by atoms with E-state index in [-0.39, 0.29) is 11.7 Å². The number of anilines is 1. The molecule has 6 heteroatoms. The average molecular weight is 359 g/mol. The van der Waals surface area contributed by atoms with Crippen molar-refractivity contribution in [3.8, 4) is 22.9 Å². The zero-order valence-corrected chi connectivity index (χ0v) is 14.1. The molecule has 1 heterocycles. The van der Waals surface area contributed by atoms with Crippen LogP contribution >= 0.6 is 0 Å². The summed E-state index contributed by atoms with van der Waals surface area (Å²) in [5.41, 5.74) is 2.39. The first-order chi connectivity index (χ1) is 13.2. The molecule has 1 amide bonds. The molecule has 0 radical (unpaired) electrons. The lowest BCUT2D eigenvalue weighted by molar-refractivity contribution is 0.102. The van der Waals surface area contributed by atoms with Gasteiger partial charge in [-0.3, -0.25) is 4.79 Å². The second kappa shape index (κ2) is 7.21. The molecule has 0 unspecified atom stereocenters. The normalized spacial score (nSPS) is 10.6. The quantitative estimate of drug-likeness (QED) is 0.568. The summed E-state index contributed by atoms with van der Waals surface area (Å²) in [6.07, 6.45) is 0. The first kappa shape index (κ1) is 16.7. The number of amides is 1. The molecule has 1 N–H and O–H groups in total. The number of nitrogens with one attached hydrogen (secondary N) is 1. The highest BCUT2D eigenvalue weighted by atomic mass is 19.1. The number of rotatable bonds is 4. The summed E-state index contributed by atoms with van der Waals surface area (Å²) in [6.45, 7) is 0. The minimum absolute atomic E-state index is 0.314. The van der Waals surface area contributed by atoms with Gasteiger partial charge in [0.2, 0.25) is 11.8 Å². The number of nitrogens with zero attached hydrogens (tertiary/aromatic N) is 2. The van der Waals surface area contributed by atoms with Crippen LogP contribution in [0.2, 0.25) is 0 Å². The number of benzene rings is 3. The Hall–Kier alpha value is -3.80. The van der Waals surface area contributed by atoms with Crippen LogP contribution in [0.5, 0.6) is 0 Å². The van der Waals surface area contributed by atoms with Gasteiger partial charge >= 0.3 is 0 Å². The SMILES string of the molecule is O=C(Nc1ccc(F)cc1)c1cccc(-c2nnc(-c3ccccc3)o2)c1. The maximum Gasteiger partial charge on any atom is 0.255 e. The van der Waals surface area contributed by atoms with Gasteiger partial charge in [-0.25, -0.2) is 4.39 Å². The number of aromatic nitrogens is 2. The molecule has 132 valence electrons. The molecule has 3 aromatic carbocycles. The first-order valence-electron chi connectivity index (χ1n) is 8.25. The van der Waals surface area contributed by atoms with Crippen LogP contribution in [0, 0.1) is 5.82 Å². The fourth-order valence-corrected chi connectivity index (χ4v) is 2.57. The predicted octanol–water partition coefficient (Wildman–Crippen LogP) is 4.80. The van der Waals surface area contributed by atoms with Crippen LogP contribution in [-0.4, -0.2) is 16.1 Å². The van der Waals surface area contributed by atoms with Crippen LogP contribution < -0.4 is 5.32 Å². The largest absolute Gasteiger partial charge is 0.416 e. The highest BCUT2D eigenvalue weighted by Crippen LogP contribution is 2.24. The second-order valence-corrected chi connectivity index (χ2v) is 5.82. The number of carbonyl (C=O) groups excluding carboxylic acids is 1. The highest BCUT2D eigenvalue weighted by molar-refractivity contribution is 6.04. The summed E-state index contributed by atoms with van der Waals surface area (Å²) >= 11 is 0. The van der Waals surface area contributed by atoms with Gasteiger partial charge in [0.15, 0.2) is 0 Å². The van der Waals surface area contributed by atoms with E-state index in [0.29, 0.717) is 28.6 Å². The Kier molecular flexibility index (Phi) is 4.45. The van der Waals surface area contributed by atoms with E-state index >= 15 is 0 Å². The molecule has 0 aliphatic heterocycles. The first-order valence-corrected chi connectivity index (χ1v) is 8.25. The van der Waals surface area contributed by atoms with Gasteiger partial charge in [-0.05, 0) is 54.6 Å². The molecule has 0 spiro atoms. The molecule has 4 rings (SSSR count). The van der Waals surface area contributed by atoms with E-state index < -0.39 is 0 Å². The lowest BCUT2D eigenvalue weighted by Gasteiger charge is -2.06. The van der Waals surface area contributed by atoms with Gasteiger partial charge in [-0.2, -0.15) is 0 Å². The number of hydrogen-bond donors (Lipinski definition) is 1. The third-order valence-corrected chi connectivity index (χ3v) is 3.92. The fraction of sp³-hybridized carbons (Fsp3) is 0. The summed E-state index contributed by atoms with van der Waals surface area (Å²) in [5.74, 6) is 0.0592. The highest BCUT2D eigenvalue weighted by Gasteiger charge is 2.13. The minimum Gasteiger partial charge on any atom is -0.416 e. The summed E-state index contributed by atoms with van der Waals surface area (Å²) in [7, 11) is 0. The molecule has 0 saturated heterocycles. The van der Waals surface area contributed by atoms with Gasteiger partial charge in [0.1, 0.15) is 5.82 Å². The van der Waals surface area contributed by atoms with Crippen molar-refractivity contribution in [1.29, 1.82) is 0 Å². The zero-order chi connectivity index (χ0) is 18.6. The van der Waals surface area contributed by atoms with Crippen molar-refractivity contribution in [2.24, 2.45) is 0 Å². The maximum absolute atomic E-state index is 13.0.